The Kier molecular flexibility index (Phi) is 10.1. The zero-order chi connectivity index (χ0) is 25.7. The van der Waals surface area contributed by atoms with Crippen molar-refractivity contribution in [3.63, 3.8) is 0 Å². The van der Waals surface area contributed by atoms with E-state index in [1.165, 1.54) is 18.0 Å². The smallest absolute Gasteiger partial charge is 0.390 e. The monoisotopic (exact) mass is 566 g/mol. The number of H-pyrrole nitrogens is 1. The number of phosphoric acid groups is 3. The topological polar surface area (TPSA) is 244 Å². The third kappa shape index (κ3) is 9.18. The number of aromatic amines is 1. The van der Waals surface area contributed by atoms with E-state index in [0.29, 0.717) is 5.75 Å². The minimum Gasteiger partial charge on any atom is -0.390 e. The molecule has 34 heavy (non-hydrogen) atoms. The van der Waals surface area contributed by atoms with Crippen LogP contribution < -0.4 is 11.2 Å². The highest BCUT2D eigenvalue weighted by atomic mass is 32.2. The Bertz CT molecular complexity index is 1200. The number of aromatic nitrogens is 2. The fraction of sp³-hybridized carbons (Fsp3) is 0.571. The lowest BCUT2D eigenvalue weighted by atomic mass is 10.0. The molecule has 0 aromatic carbocycles. The summed E-state index contributed by atoms with van der Waals surface area (Å²) in [5.41, 5.74) is -1.40. The average molecular weight is 566 g/mol. The Labute approximate surface area is 195 Å². The number of ether oxygens (including phenoxy) is 1. The molecule has 1 aliphatic rings. The van der Waals surface area contributed by atoms with Crippen LogP contribution in [-0.4, -0.2) is 71.7 Å². The number of aliphatic hydroxyl groups excluding tert-OH is 1. The summed E-state index contributed by atoms with van der Waals surface area (Å²) in [6.07, 6.45) is 0.453. The van der Waals surface area contributed by atoms with Crippen molar-refractivity contribution in [2.45, 2.75) is 18.8 Å². The van der Waals surface area contributed by atoms with Crippen LogP contribution >= 0.6 is 35.2 Å². The summed E-state index contributed by atoms with van der Waals surface area (Å²) in [5, 5.41) is 10.4. The normalized spacial score (nSPS) is 24.1. The molecule has 2 rings (SSSR count). The summed E-state index contributed by atoms with van der Waals surface area (Å²) in [4.78, 5) is 61.7. The number of hydrogen-bond acceptors (Lipinski definition) is 11. The molecule has 1 aromatic heterocycles. The van der Waals surface area contributed by atoms with Crippen LogP contribution in [-0.2, 0) is 38.1 Å². The first-order valence-corrected chi connectivity index (χ1v) is 14.9. The first kappa shape index (κ1) is 29.2. The van der Waals surface area contributed by atoms with E-state index in [4.69, 9.17) is 19.4 Å². The molecule has 16 nitrogen and oxygen atoms in total. The van der Waals surface area contributed by atoms with Gasteiger partial charge < -0.3 is 29.4 Å². The van der Waals surface area contributed by atoms with Gasteiger partial charge in [-0.15, -0.1) is 0 Å². The Morgan fingerprint density at radius 3 is 2.50 bits per heavy atom. The summed E-state index contributed by atoms with van der Waals surface area (Å²) in [5.74, 6) is 5.11. The van der Waals surface area contributed by atoms with Crippen molar-refractivity contribution in [1.29, 1.82) is 0 Å². The highest BCUT2D eigenvalue weighted by molar-refractivity contribution is 7.98. The van der Waals surface area contributed by atoms with Crippen molar-refractivity contribution in [2.75, 3.05) is 25.2 Å². The van der Waals surface area contributed by atoms with E-state index in [2.05, 4.69) is 30.0 Å². The van der Waals surface area contributed by atoms with Crippen LogP contribution in [0.2, 0.25) is 0 Å². The molecule has 0 spiro atoms. The summed E-state index contributed by atoms with van der Waals surface area (Å²) < 4.78 is 51.7. The predicted octanol–water partition coefficient (Wildman–Crippen LogP) is -1.03. The second-order valence-corrected chi connectivity index (χ2v) is 12.0. The highest BCUT2D eigenvalue weighted by Crippen LogP contribution is 2.66. The van der Waals surface area contributed by atoms with Crippen LogP contribution in [0.1, 0.15) is 5.56 Å². The zero-order valence-corrected chi connectivity index (χ0v) is 20.7. The fourth-order valence-electron chi connectivity index (χ4n) is 2.72. The fourth-order valence-corrected chi connectivity index (χ4v) is 5.96. The molecule has 0 amide bonds. The van der Waals surface area contributed by atoms with Gasteiger partial charge in [0.25, 0.3) is 5.56 Å². The number of aliphatic hydroxyl groups is 1. The lowest BCUT2D eigenvalue weighted by Gasteiger charge is -2.20. The lowest BCUT2D eigenvalue weighted by molar-refractivity contribution is 0.000862. The van der Waals surface area contributed by atoms with Gasteiger partial charge >= 0.3 is 29.2 Å². The maximum Gasteiger partial charge on any atom is 0.490 e. The quantitative estimate of drug-likeness (QED) is 0.146. The number of phosphoric ester groups is 1. The van der Waals surface area contributed by atoms with Crippen LogP contribution in [0.4, 0.5) is 0 Å². The van der Waals surface area contributed by atoms with Crippen molar-refractivity contribution >= 4 is 35.2 Å². The van der Waals surface area contributed by atoms with E-state index in [1.807, 2.05) is 6.26 Å². The van der Waals surface area contributed by atoms with Crippen molar-refractivity contribution in [1.82, 2.24) is 9.55 Å². The number of nitrogens with zero attached hydrogens (tertiary/aromatic N) is 1. The Hall–Kier alpha value is -1.08. The van der Waals surface area contributed by atoms with Gasteiger partial charge in [-0.05, 0) is 6.26 Å². The second-order valence-electron chi connectivity index (χ2n) is 6.70. The van der Waals surface area contributed by atoms with Crippen LogP contribution in [0, 0.1) is 17.8 Å². The first-order chi connectivity index (χ1) is 15.6. The second kappa shape index (κ2) is 11.8. The SMILES string of the molecule is CSCC#Cc1cn(CC2CO[C@H](COP(=O)(O)OP(=O)(O)OP(=O)(O)O)C2O)c(=O)[nH]c1=O. The van der Waals surface area contributed by atoms with E-state index in [9.17, 15) is 33.3 Å². The maximum absolute atomic E-state index is 12.1. The van der Waals surface area contributed by atoms with E-state index in [1.54, 1.807) is 0 Å². The van der Waals surface area contributed by atoms with E-state index >= 15 is 0 Å². The molecule has 0 aliphatic carbocycles. The van der Waals surface area contributed by atoms with Gasteiger partial charge in [-0.3, -0.25) is 18.9 Å². The molecule has 20 heteroatoms. The molecule has 0 radical (unpaired) electrons. The number of hydrogen-bond donors (Lipinski definition) is 6. The molecule has 0 bridgehead atoms. The van der Waals surface area contributed by atoms with Crippen molar-refractivity contribution in [3.05, 3.63) is 32.6 Å². The highest BCUT2D eigenvalue weighted by Gasteiger charge is 2.43. The van der Waals surface area contributed by atoms with Gasteiger partial charge in [0.15, 0.2) is 0 Å². The molecule has 1 fully saturated rings. The van der Waals surface area contributed by atoms with Crippen LogP contribution in [0.5, 0.6) is 0 Å². The molecule has 192 valence electrons. The van der Waals surface area contributed by atoms with Crippen molar-refractivity contribution in [3.8, 4) is 11.8 Å². The molecular weight excluding hydrogens is 545 g/mol. The standard InChI is InChI=1S/C14H21N2O14P3S/c1-34-4-2-3-9-5-16(14(19)15-13(9)18)6-10-7-27-11(12(10)17)8-28-32(23,24)30-33(25,26)29-31(20,21)22/h5,10-12,17H,4,6-8H2,1H3,(H,23,24)(H,25,26)(H,15,18,19)(H2,20,21,22)/t10?,11-,12?/m1/s1. The van der Waals surface area contributed by atoms with Gasteiger partial charge in [-0.2, -0.15) is 20.4 Å². The largest absolute Gasteiger partial charge is 0.490 e. The molecule has 4 unspecified atom stereocenters. The molecule has 1 aromatic rings. The van der Waals surface area contributed by atoms with Crippen molar-refractivity contribution < 1.29 is 56.3 Å². The Morgan fingerprint density at radius 2 is 1.88 bits per heavy atom. The number of rotatable bonds is 10. The van der Waals surface area contributed by atoms with Gasteiger partial charge in [0.05, 0.1) is 25.1 Å². The lowest BCUT2D eigenvalue weighted by Crippen LogP contribution is -2.37. The molecule has 6 N–H and O–H groups in total. The van der Waals surface area contributed by atoms with E-state index in [-0.39, 0.29) is 18.7 Å². The summed E-state index contributed by atoms with van der Waals surface area (Å²) in [6, 6.07) is 0. The number of thioether (sulfide) groups is 1. The van der Waals surface area contributed by atoms with Gasteiger partial charge in [0, 0.05) is 18.7 Å². The zero-order valence-electron chi connectivity index (χ0n) is 17.2. The van der Waals surface area contributed by atoms with Gasteiger partial charge in [-0.25, -0.2) is 18.5 Å². The van der Waals surface area contributed by atoms with Gasteiger partial charge in [0.2, 0.25) is 0 Å². The summed E-state index contributed by atoms with van der Waals surface area (Å²) >= 11 is 1.44. The molecule has 1 aliphatic heterocycles. The molecule has 5 atom stereocenters. The maximum atomic E-state index is 12.1. The minimum absolute atomic E-state index is 0.0336. The van der Waals surface area contributed by atoms with E-state index < -0.39 is 59.4 Å². The molecular formula is C14H21N2O14P3S. The molecule has 0 saturated carbocycles. The van der Waals surface area contributed by atoms with Crippen LogP contribution in [0.25, 0.3) is 0 Å². The Balaban J connectivity index is 2.02. The minimum atomic E-state index is -5.68. The average Bonchev–Trinajstić information content (AvgIpc) is 3.00. The van der Waals surface area contributed by atoms with Crippen molar-refractivity contribution in [2.24, 2.45) is 5.92 Å². The van der Waals surface area contributed by atoms with Crippen LogP contribution in [0.3, 0.4) is 0 Å². The molecule has 2 heterocycles. The van der Waals surface area contributed by atoms with Crippen LogP contribution in [0.15, 0.2) is 15.8 Å². The first-order valence-electron chi connectivity index (χ1n) is 9.02. The summed E-state index contributed by atoms with van der Waals surface area (Å²) in [6.45, 7) is -1.10. The predicted molar refractivity (Wildman–Crippen MR) is 116 cm³/mol. The van der Waals surface area contributed by atoms with E-state index in [0.717, 1.165) is 4.57 Å². The summed E-state index contributed by atoms with van der Waals surface area (Å²) in [7, 11) is -16.6. The molecule has 1 saturated heterocycles. The third-order valence-electron chi connectivity index (χ3n) is 4.09. The Morgan fingerprint density at radius 1 is 1.21 bits per heavy atom. The third-order valence-corrected chi connectivity index (χ3v) is 8.32. The van der Waals surface area contributed by atoms with Gasteiger partial charge in [-0.1, -0.05) is 11.8 Å². The number of nitrogens with one attached hydrogen (secondary N) is 1. The van der Waals surface area contributed by atoms with Gasteiger partial charge in [0.1, 0.15) is 11.7 Å².